The molecule has 1 aliphatic heterocycles. The fourth-order valence-electron chi connectivity index (χ4n) is 3.32. The number of thioether (sulfide) groups is 1. The lowest BCUT2D eigenvalue weighted by Gasteiger charge is -2.12. The molecule has 2 heterocycles. The van der Waals surface area contributed by atoms with Gasteiger partial charge in [-0.05, 0) is 42.8 Å². The zero-order valence-corrected chi connectivity index (χ0v) is 18.1. The SMILES string of the molecule is Cc1c(N2C(=O)/C(=C\c3ccc([N+](=O)[O-])cc3)SC2=S)c(=O)n(-c2ccccc2)n1C. The first-order valence-corrected chi connectivity index (χ1v) is 10.4. The van der Waals surface area contributed by atoms with E-state index in [2.05, 4.69) is 0 Å². The van der Waals surface area contributed by atoms with Gasteiger partial charge < -0.3 is 0 Å². The molecule has 1 aromatic heterocycles. The van der Waals surface area contributed by atoms with Crippen molar-refractivity contribution in [2.24, 2.45) is 7.05 Å². The molecular weight excluding hydrogens is 436 g/mol. The molecule has 3 aromatic rings. The third-order valence-electron chi connectivity index (χ3n) is 4.94. The fraction of sp³-hybridized carbons (Fsp3) is 0.0952. The van der Waals surface area contributed by atoms with E-state index in [1.54, 1.807) is 36.9 Å². The number of amides is 1. The zero-order valence-electron chi connectivity index (χ0n) is 16.5. The number of carbonyl (C=O) groups is 1. The van der Waals surface area contributed by atoms with Crippen LogP contribution in [0.25, 0.3) is 11.8 Å². The van der Waals surface area contributed by atoms with Crippen LogP contribution in [0.4, 0.5) is 11.4 Å². The number of aromatic nitrogens is 2. The summed E-state index contributed by atoms with van der Waals surface area (Å²) < 4.78 is 3.43. The van der Waals surface area contributed by atoms with Gasteiger partial charge in [0.25, 0.3) is 17.2 Å². The number of hydrogen-bond donors (Lipinski definition) is 0. The highest BCUT2D eigenvalue weighted by molar-refractivity contribution is 8.27. The average Bonchev–Trinajstić information content (AvgIpc) is 3.14. The maximum absolute atomic E-state index is 13.3. The van der Waals surface area contributed by atoms with Crippen LogP contribution >= 0.6 is 24.0 Å². The van der Waals surface area contributed by atoms with Gasteiger partial charge in [0.1, 0.15) is 5.69 Å². The first-order valence-electron chi connectivity index (χ1n) is 9.16. The highest BCUT2D eigenvalue weighted by Gasteiger charge is 2.37. The van der Waals surface area contributed by atoms with E-state index in [9.17, 15) is 19.7 Å². The predicted octanol–water partition coefficient (Wildman–Crippen LogP) is 3.80. The summed E-state index contributed by atoms with van der Waals surface area (Å²) in [5, 5.41) is 10.8. The molecule has 1 fully saturated rings. The lowest BCUT2D eigenvalue weighted by atomic mass is 10.2. The molecule has 0 spiro atoms. The van der Waals surface area contributed by atoms with Crippen LogP contribution in [0.5, 0.6) is 0 Å². The molecular formula is C21H16N4O4S2. The van der Waals surface area contributed by atoms with Gasteiger partial charge in [0.15, 0.2) is 4.32 Å². The molecule has 1 amide bonds. The largest absolute Gasteiger partial charge is 0.296 e. The molecule has 0 bridgehead atoms. The number of benzene rings is 2. The summed E-state index contributed by atoms with van der Waals surface area (Å²) in [6.45, 7) is 1.76. The molecule has 1 aliphatic rings. The second-order valence-electron chi connectivity index (χ2n) is 6.78. The van der Waals surface area contributed by atoms with Gasteiger partial charge in [-0.15, -0.1) is 0 Å². The molecule has 4 rings (SSSR count). The molecule has 10 heteroatoms. The summed E-state index contributed by atoms with van der Waals surface area (Å²) in [6.07, 6.45) is 1.61. The zero-order chi connectivity index (χ0) is 22.3. The van der Waals surface area contributed by atoms with E-state index in [-0.39, 0.29) is 21.3 Å². The Labute approximate surface area is 186 Å². The van der Waals surface area contributed by atoms with E-state index in [4.69, 9.17) is 12.2 Å². The van der Waals surface area contributed by atoms with Gasteiger partial charge in [-0.2, -0.15) is 0 Å². The molecule has 0 saturated carbocycles. The topological polar surface area (TPSA) is 90.4 Å². The maximum Gasteiger partial charge on any atom is 0.296 e. The molecule has 1 saturated heterocycles. The second-order valence-corrected chi connectivity index (χ2v) is 8.45. The summed E-state index contributed by atoms with van der Waals surface area (Å²) >= 11 is 6.50. The third kappa shape index (κ3) is 3.60. The van der Waals surface area contributed by atoms with Crippen LogP contribution in [0, 0.1) is 17.0 Å². The average molecular weight is 453 g/mol. The number of rotatable bonds is 4. The van der Waals surface area contributed by atoms with Crippen molar-refractivity contribution in [3.8, 4) is 5.69 Å². The number of anilines is 1. The molecule has 2 aromatic carbocycles. The molecule has 0 radical (unpaired) electrons. The molecule has 31 heavy (non-hydrogen) atoms. The first kappa shape index (κ1) is 20.8. The highest BCUT2D eigenvalue weighted by Crippen LogP contribution is 2.36. The molecule has 0 atom stereocenters. The number of nitro benzene ring substituents is 1. The van der Waals surface area contributed by atoms with Crippen molar-refractivity contribution in [1.82, 2.24) is 9.36 Å². The lowest BCUT2D eigenvalue weighted by molar-refractivity contribution is -0.384. The monoisotopic (exact) mass is 452 g/mol. The number of nitrogens with zero attached hydrogens (tertiary/aromatic N) is 4. The van der Waals surface area contributed by atoms with Gasteiger partial charge in [-0.1, -0.05) is 42.2 Å². The van der Waals surface area contributed by atoms with Crippen LogP contribution in [0.1, 0.15) is 11.3 Å². The van der Waals surface area contributed by atoms with Gasteiger partial charge in [-0.25, -0.2) is 4.68 Å². The number of carbonyl (C=O) groups excluding carboxylic acids is 1. The van der Waals surface area contributed by atoms with Gasteiger partial charge in [0.2, 0.25) is 0 Å². The Balaban J connectivity index is 1.73. The van der Waals surface area contributed by atoms with E-state index < -0.39 is 10.8 Å². The number of non-ortho nitro benzene ring substituents is 1. The molecule has 0 unspecified atom stereocenters. The summed E-state index contributed by atoms with van der Waals surface area (Å²) in [6, 6.07) is 15.0. The van der Waals surface area contributed by atoms with E-state index >= 15 is 0 Å². The van der Waals surface area contributed by atoms with Crippen molar-refractivity contribution in [3.63, 3.8) is 0 Å². The molecule has 0 N–H and O–H groups in total. The van der Waals surface area contributed by atoms with E-state index in [1.165, 1.54) is 21.7 Å². The Kier molecular flexibility index (Phi) is 5.34. The molecule has 8 nitrogen and oxygen atoms in total. The normalized spacial score (nSPS) is 15.2. The summed E-state index contributed by atoms with van der Waals surface area (Å²) in [4.78, 5) is 38.3. The standard InChI is InChI=1S/C21H16N4O4S2/c1-13-18(20(27)24(22(13)2)15-6-4-3-5-7-15)23-19(26)17(31-21(23)30)12-14-8-10-16(11-9-14)25(28)29/h3-12H,1-2H3/b17-12+. The van der Waals surface area contributed by atoms with Crippen LogP contribution in [0.3, 0.4) is 0 Å². The van der Waals surface area contributed by atoms with Crippen LogP contribution < -0.4 is 10.5 Å². The van der Waals surface area contributed by atoms with Crippen LogP contribution in [-0.4, -0.2) is 24.5 Å². The lowest BCUT2D eigenvalue weighted by Crippen LogP contribution is -2.33. The number of nitro groups is 1. The van der Waals surface area contributed by atoms with Crippen LogP contribution in [0.15, 0.2) is 64.3 Å². The Morgan fingerprint density at radius 2 is 1.71 bits per heavy atom. The highest BCUT2D eigenvalue weighted by atomic mass is 32.2. The fourth-order valence-corrected chi connectivity index (χ4v) is 4.59. The van der Waals surface area contributed by atoms with Crippen LogP contribution in [-0.2, 0) is 11.8 Å². The van der Waals surface area contributed by atoms with Crippen LogP contribution in [0.2, 0.25) is 0 Å². The van der Waals surface area contributed by atoms with E-state index in [0.717, 1.165) is 11.8 Å². The Morgan fingerprint density at radius 3 is 2.32 bits per heavy atom. The second kappa shape index (κ2) is 7.97. The maximum atomic E-state index is 13.3. The van der Waals surface area contributed by atoms with Crippen molar-refractivity contribution in [3.05, 3.63) is 91.2 Å². The smallest absolute Gasteiger partial charge is 0.283 e. The minimum Gasteiger partial charge on any atom is -0.283 e. The van der Waals surface area contributed by atoms with Gasteiger partial charge >= 0.3 is 0 Å². The van der Waals surface area contributed by atoms with Crippen molar-refractivity contribution in [1.29, 1.82) is 0 Å². The Morgan fingerprint density at radius 1 is 1.06 bits per heavy atom. The van der Waals surface area contributed by atoms with Crippen molar-refractivity contribution < 1.29 is 9.72 Å². The van der Waals surface area contributed by atoms with Crippen molar-refractivity contribution in [2.75, 3.05) is 4.90 Å². The third-order valence-corrected chi connectivity index (χ3v) is 6.24. The molecule has 0 aliphatic carbocycles. The number of hydrogen-bond acceptors (Lipinski definition) is 6. The van der Waals surface area contributed by atoms with Crippen molar-refractivity contribution >= 4 is 51.7 Å². The van der Waals surface area contributed by atoms with Gasteiger partial charge in [-0.3, -0.25) is 29.3 Å². The summed E-state index contributed by atoms with van der Waals surface area (Å²) in [5.74, 6) is -0.403. The Bertz CT molecular complexity index is 1310. The minimum atomic E-state index is -0.487. The first-order chi connectivity index (χ1) is 14.8. The van der Waals surface area contributed by atoms with Crippen molar-refractivity contribution in [2.45, 2.75) is 6.92 Å². The molecule has 156 valence electrons. The number of thiocarbonyl (C=S) groups is 1. The predicted molar refractivity (Wildman–Crippen MR) is 124 cm³/mol. The minimum absolute atomic E-state index is 0.0360. The Hall–Kier alpha value is -3.50. The quantitative estimate of drug-likeness (QED) is 0.259. The van der Waals surface area contributed by atoms with Gasteiger partial charge in [0, 0.05) is 19.2 Å². The summed E-state index contributed by atoms with van der Waals surface area (Å²) in [7, 11) is 1.75. The van der Waals surface area contributed by atoms with Gasteiger partial charge in [0.05, 0.1) is 21.2 Å². The summed E-state index contributed by atoms with van der Waals surface area (Å²) in [5.41, 5.74) is 1.72. The van der Waals surface area contributed by atoms with E-state index in [1.807, 2.05) is 30.3 Å². The number of para-hydroxylation sites is 1. The van der Waals surface area contributed by atoms with E-state index in [0.29, 0.717) is 21.8 Å².